The van der Waals surface area contributed by atoms with Crippen molar-refractivity contribution in [3.05, 3.63) is 75.5 Å². The van der Waals surface area contributed by atoms with E-state index in [2.05, 4.69) is 15.6 Å². The Morgan fingerprint density at radius 1 is 1.29 bits per heavy atom. The third-order valence-electron chi connectivity index (χ3n) is 4.42. The van der Waals surface area contributed by atoms with Crippen molar-refractivity contribution in [3.8, 4) is 5.75 Å². The van der Waals surface area contributed by atoms with Gasteiger partial charge in [-0.15, -0.1) is 0 Å². The lowest BCUT2D eigenvalue weighted by Gasteiger charge is -2.11. The third-order valence-corrected chi connectivity index (χ3v) is 4.42. The van der Waals surface area contributed by atoms with Gasteiger partial charge in [-0.05, 0) is 62.7 Å². The number of rotatable bonds is 7. The molecule has 0 radical (unpaired) electrons. The number of aryl methyl sites for hydroxylation is 1. The first kappa shape index (κ1) is 21.4. The summed E-state index contributed by atoms with van der Waals surface area (Å²) in [5, 5.41) is 19.1. The molecule has 3 aromatic rings. The number of nitro groups is 1. The molecule has 1 N–H and O–H groups in total. The number of benzene rings is 1. The average Bonchev–Trinajstić information content (AvgIpc) is 3.36. The Kier molecular flexibility index (Phi) is 6.24. The molecular formula is C20H19N5O6. The minimum atomic E-state index is -0.798. The van der Waals surface area contributed by atoms with Gasteiger partial charge in [0.25, 0.3) is 5.91 Å². The molecule has 11 nitrogen and oxygen atoms in total. The number of hydrogen-bond donors (Lipinski definition) is 1. The zero-order valence-corrected chi connectivity index (χ0v) is 16.9. The number of carbonyl (C=O) groups excluding carboxylic acids is 2. The van der Waals surface area contributed by atoms with Crippen LogP contribution in [0.1, 0.15) is 40.5 Å². The van der Waals surface area contributed by atoms with Crippen LogP contribution in [-0.2, 0) is 4.79 Å². The Labute approximate surface area is 176 Å². The number of esters is 1. The lowest BCUT2D eigenvalue weighted by Crippen LogP contribution is -2.28. The Hall–Kier alpha value is -4.28. The number of carbonyl (C=O) groups is 2. The van der Waals surface area contributed by atoms with Gasteiger partial charge in [0.1, 0.15) is 23.2 Å². The summed E-state index contributed by atoms with van der Waals surface area (Å²) in [4.78, 5) is 34.8. The van der Waals surface area contributed by atoms with E-state index in [-0.39, 0.29) is 22.8 Å². The summed E-state index contributed by atoms with van der Waals surface area (Å²) < 4.78 is 11.4. The monoisotopic (exact) mass is 425 g/mol. The fourth-order valence-corrected chi connectivity index (χ4v) is 2.84. The molecule has 1 atom stereocenters. The molecule has 2 aromatic heterocycles. The number of furan rings is 1. The van der Waals surface area contributed by atoms with Gasteiger partial charge in [0.15, 0.2) is 0 Å². The maximum absolute atomic E-state index is 12.3. The fraction of sp³-hybridized carbons (Fsp3) is 0.200. The van der Waals surface area contributed by atoms with Gasteiger partial charge in [-0.2, -0.15) is 10.2 Å². The van der Waals surface area contributed by atoms with E-state index in [4.69, 9.17) is 9.15 Å². The second-order valence-electron chi connectivity index (χ2n) is 6.57. The van der Waals surface area contributed by atoms with Crippen LogP contribution in [0.15, 0.2) is 52.2 Å². The molecule has 3 rings (SSSR count). The van der Waals surface area contributed by atoms with Crippen molar-refractivity contribution < 1.29 is 23.7 Å². The van der Waals surface area contributed by atoms with Crippen molar-refractivity contribution >= 4 is 23.8 Å². The van der Waals surface area contributed by atoms with Crippen LogP contribution in [0.4, 0.5) is 5.69 Å². The van der Waals surface area contributed by atoms with Crippen LogP contribution in [0.3, 0.4) is 0 Å². The van der Waals surface area contributed by atoms with E-state index in [1.54, 1.807) is 37.3 Å². The minimum Gasteiger partial charge on any atom is -0.457 e. The molecule has 0 aliphatic carbocycles. The molecule has 0 fully saturated rings. The molecule has 0 spiro atoms. The first-order chi connectivity index (χ1) is 14.8. The zero-order chi connectivity index (χ0) is 22.5. The molecule has 0 bridgehead atoms. The number of amides is 1. The van der Waals surface area contributed by atoms with Gasteiger partial charge < -0.3 is 9.15 Å². The summed E-state index contributed by atoms with van der Waals surface area (Å²) >= 11 is 0. The topological polar surface area (TPSA) is 142 Å². The van der Waals surface area contributed by atoms with Crippen molar-refractivity contribution in [2.45, 2.75) is 26.8 Å². The third kappa shape index (κ3) is 4.83. The average molecular weight is 425 g/mol. The molecule has 1 aromatic carbocycles. The molecule has 0 aliphatic heterocycles. The van der Waals surface area contributed by atoms with Gasteiger partial charge >= 0.3 is 11.7 Å². The van der Waals surface area contributed by atoms with E-state index in [1.807, 2.05) is 0 Å². The summed E-state index contributed by atoms with van der Waals surface area (Å²) in [6, 6.07) is 8.72. The van der Waals surface area contributed by atoms with Crippen molar-refractivity contribution in [2.24, 2.45) is 5.10 Å². The molecule has 0 aliphatic rings. The Morgan fingerprint density at radius 2 is 2.00 bits per heavy atom. The van der Waals surface area contributed by atoms with Gasteiger partial charge in [-0.25, -0.2) is 10.2 Å². The Morgan fingerprint density at radius 3 is 2.58 bits per heavy atom. The van der Waals surface area contributed by atoms with E-state index in [9.17, 15) is 19.7 Å². The number of hydrogen-bond acceptors (Lipinski definition) is 8. The smallest absolute Gasteiger partial charge is 0.379 e. The van der Waals surface area contributed by atoms with Crippen LogP contribution in [0, 0.1) is 24.0 Å². The fourth-order valence-electron chi connectivity index (χ4n) is 2.84. The maximum Gasteiger partial charge on any atom is 0.379 e. The normalized spacial score (nSPS) is 12.0. The van der Waals surface area contributed by atoms with Crippen molar-refractivity contribution in [1.29, 1.82) is 0 Å². The van der Waals surface area contributed by atoms with Gasteiger partial charge in [0.05, 0.1) is 17.4 Å². The summed E-state index contributed by atoms with van der Waals surface area (Å²) in [6.45, 7) is 4.61. The SMILES string of the molecule is Cc1nn(C(C)C(=O)NN=Cc2ccc(OC(=O)c3ccco3)cc2)c(C)c1[N+](=O)[O-]. The highest BCUT2D eigenvalue weighted by Crippen LogP contribution is 2.24. The largest absolute Gasteiger partial charge is 0.457 e. The van der Waals surface area contributed by atoms with E-state index in [1.165, 1.54) is 37.1 Å². The predicted molar refractivity (Wildman–Crippen MR) is 109 cm³/mol. The van der Waals surface area contributed by atoms with Crippen LogP contribution < -0.4 is 10.2 Å². The molecular weight excluding hydrogens is 406 g/mol. The lowest BCUT2D eigenvalue weighted by molar-refractivity contribution is -0.386. The van der Waals surface area contributed by atoms with E-state index < -0.39 is 22.8 Å². The van der Waals surface area contributed by atoms with E-state index in [0.717, 1.165) is 0 Å². The summed E-state index contributed by atoms with van der Waals surface area (Å²) in [5.41, 5.74) is 3.43. The second-order valence-corrected chi connectivity index (χ2v) is 6.57. The van der Waals surface area contributed by atoms with E-state index in [0.29, 0.717) is 11.3 Å². The molecule has 11 heteroatoms. The Balaban J connectivity index is 1.59. The summed E-state index contributed by atoms with van der Waals surface area (Å²) in [5.74, 6) is -0.685. The number of ether oxygens (including phenoxy) is 1. The number of nitrogens with zero attached hydrogens (tertiary/aromatic N) is 4. The highest BCUT2D eigenvalue weighted by atomic mass is 16.6. The van der Waals surface area contributed by atoms with Crippen molar-refractivity contribution in [1.82, 2.24) is 15.2 Å². The van der Waals surface area contributed by atoms with E-state index >= 15 is 0 Å². The molecule has 2 heterocycles. The molecule has 0 saturated carbocycles. The molecule has 31 heavy (non-hydrogen) atoms. The zero-order valence-electron chi connectivity index (χ0n) is 16.9. The second kappa shape index (κ2) is 9.03. The highest BCUT2D eigenvalue weighted by Gasteiger charge is 2.26. The van der Waals surface area contributed by atoms with Crippen LogP contribution in [0.2, 0.25) is 0 Å². The standard InChI is InChI=1S/C20H19N5O6/c1-12-18(25(28)29)13(2)24(23-12)14(3)19(26)22-21-11-15-6-8-16(9-7-15)31-20(27)17-5-4-10-30-17/h4-11,14H,1-3H3,(H,22,26). The first-order valence-corrected chi connectivity index (χ1v) is 9.16. The number of nitrogens with one attached hydrogen (secondary N) is 1. The van der Waals surface area contributed by atoms with Gasteiger partial charge in [0.2, 0.25) is 5.76 Å². The first-order valence-electron chi connectivity index (χ1n) is 9.16. The van der Waals surface area contributed by atoms with Crippen molar-refractivity contribution in [2.75, 3.05) is 0 Å². The molecule has 160 valence electrons. The quantitative estimate of drug-likeness (QED) is 0.202. The Bertz CT molecular complexity index is 1130. The minimum absolute atomic E-state index is 0.0930. The van der Waals surface area contributed by atoms with Gasteiger partial charge in [-0.3, -0.25) is 19.6 Å². The molecule has 1 amide bonds. The molecule has 1 unspecified atom stereocenters. The highest BCUT2D eigenvalue weighted by molar-refractivity contribution is 5.88. The van der Waals surface area contributed by atoms with Crippen LogP contribution >= 0.6 is 0 Å². The van der Waals surface area contributed by atoms with Crippen molar-refractivity contribution in [3.63, 3.8) is 0 Å². The summed E-state index contributed by atoms with van der Waals surface area (Å²) in [6.07, 6.45) is 2.79. The summed E-state index contributed by atoms with van der Waals surface area (Å²) in [7, 11) is 0. The maximum atomic E-state index is 12.3. The van der Waals surface area contributed by atoms with Gasteiger partial charge in [0, 0.05) is 0 Å². The predicted octanol–water partition coefficient (Wildman–Crippen LogP) is 2.93. The lowest BCUT2D eigenvalue weighted by atomic mass is 10.2. The van der Waals surface area contributed by atoms with Crippen LogP contribution in [-0.4, -0.2) is 32.8 Å². The van der Waals surface area contributed by atoms with Crippen LogP contribution in [0.25, 0.3) is 0 Å². The number of aromatic nitrogens is 2. The number of hydrazone groups is 1. The van der Waals surface area contributed by atoms with Gasteiger partial charge in [-0.1, -0.05) is 0 Å². The molecule has 0 saturated heterocycles. The van der Waals surface area contributed by atoms with Crippen LogP contribution in [0.5, 0.6) is 5.75 Å².